The highest BCUT2D eigenvalue weighted by Gasteiger charge is 2.18. The van der Waals surface area contributed by atoms with Crippen LogP contribution in [0.4, 0.5) is 0 Å². The normalized spacial score (nSPS) is 11.8. The molecule has 0 amide bonds. The van der Waals surface area contributed by atoms with E-state index in [2.05, 4.69) is 4.98 Å². The third-order valence-electron chi connectivity index (χ3n) is 3.83. The number of aromatic amines is 1. The first-order chi connectivity index (χ1) is 12.3. The van der Waals surface area contributed by atoms with Gasteiger partial charge in [0.15, 0.2) is 11.5 Å². The molecular formula is C19H20N2O4. The fraction of sp³-hybridized carbons (Fsp3) is 0.211. The maximum absolute atomic E-state index is 9.33. The second-order valence-corrected chi connectivity index (χ2v) is 5.32. The molecule has 130 valence electrons. The minimum Gasteiger partial charge on any atom is -0.454 e. The molecule has 2 heterocycles. The average Bonchev–Trinajstić information content (AvgIpc) is 3.31. The summed E-state index contributed by atoms with van der Waals surface area (Å²) in [5, 5.41) is 16.3. The fourth-order valence-electron chi connectivity index (χ4n) is 2.72. The number of ether oxygens (including phenoxy) is 2. The largest absolute Gasteiger partial charge is 0.454 e. The number of nitrogens with one attached hydrogen (secondary N) is 1. The number of aliphatic hydroxyl groups excluding tert-OH is 2. The highest BCUT2D eigenvalue weighted by molar-refractivity contribution is 5.70. The van der Waals surface area contributed by atoms with Gasteiger partial charge in [0, 0.05) is 37.0 Å². The SMILES string of the molecule is CO.OCCc1[nH]c(-c2ccccc2)nc1-c1ccc2c(c1)OCO2. The lowest BCUT2D eigenvalue weighted by Crippen LogP contribution is -1.94. The number of hydrogen-bond acceptors (Lipinski definition) is 5. The molecule has 0 atom stereocenters. The lowest BCUT2D eigenvalue weighted by atomic mass is 10.1. The minimum absolute atomic E-state index is 0.0635. The van der Waals surface area contributed by atoms with E-state index < -0.39 is 0 Å². The summed E-state index contributed by atoms with van der Waals surface area (Å²) in [6.07, 6.45) is 0.517. The Morgan fingerprint density at radius 1 is 1.00 bits per heavy atom. The summed E-state index contributed by atoms with van der Waals surface area (Å²) in [6, 6.07) is 15.7. The van der Waals surface area contributed by atoms with Crippen molar-refractivity contribution in [3.05, 3.63) is 54.2 Å². The Labute approximate surface area is 145 Å². The van der Waals surface area contributed by atoms with Crippen LogP contribution >= 0.6 is 0 Å². The molecule has 2 aromatic carbocycles. The fourth-order valence-corrected chi connectivity index (χ4v) is 2.72. The van der Waals surface area contributed by atoms with Gasteiger partial charge in [0.1, 0.15) is 5.82 Å². The Balaban J connectivity index is 0.000000880. The summed E-state index contributed by atoms with van der Waals surface area (Å²) in [5.74, 6) is 2.26. The average molecular weight is 340 g/mol. The first-order valence-corrected chi connectivity index (χ1v) is 7.95. The van der Waals surface area contributed by atoms with E-state index in [1.54, 1.807) is 0 Å². The molecule has 3 N–H and O–H groups in total. The van der Waals surface area contributed by atoms with Crippen LogP contribution in [0.3, 0.4) is 0 Å². The van der Waals surface area contributed by atoms with Crippen LogP contribution in [0.5, 0.6) is 11.5 Å². The van der Waals surface area contributed by atoms with E-state index in [1.807, 2.05) is 48.5 Å². The molecule has 0 aliphatic carbocycles. The van der Waals surface area contributed by atoms with Crippen molar-refractivity contribution in [2.45, 2.75) is 6.42 Å². The smallest absolute Gasteiger partial charge is 0.231 e. The first kappa shape index (κ1) is 17.0. The molecule has 1 aliphatic rings. The van der Waals surface area contributed by atoms with Crippen molar-refractivity contribution < 1.29 is 19.7 Å². The van der Waals surface area contributed by atoms with Crippen molar-refractivity contribution in [2.24, 2.45) is 0 Å². The summed E-state index contributed by atoms with van der Waals surface area (Å²) < 4.78 is 10.8. The number of imidazole rings is 1. The van der Waals surface area contributed by atoms with Crippen molar-refractivity contribution >= 4 is 0 Å². The van der Waals surface area contributed by atoms with E-state index in [-0.39, 0.29) is 13.4 Å². The minimum atomic E-state index is 0.0635. The van der Waals surface area contributed by atoms with E-state index >= 15 is 0 Å². The van der Waals surface area contributed by atoms with Crippen molar-refractivity contribution in [1.29, 1.82) is 0 Å². The summed E-state index contributed by atoms with van der Waals surface area (Å²) in [7, 11) is 1.00. The van der Waals surface area contributed by atoms with Crippen LogP contribution in [0.15, 0.2) is 48.5 Å². The summed E-state index contributed by atoms with van der Waals surface area (Å²) >= 11 is 0. The molecule has 0 saturated heterocycles. The molecule has 0 saturated carbocycles. The molecule has 6 nitrogen and oxygen atoms in total. The van der Waals surface area contributed by atoms with E-state index in [4.69, 9.17) is 19.6 Å². The number of hydrogen-bond donors (Lipinski definition) is 3. The number of rotatable bonds is 4. The van der Waals surface area contributed by atoms with E-state index in [9.17, 15) is 5.11 Å². The third-order valence-corrected chi connectivity index (χ3v) is 3.83. The molecule has 25 heavy (non-hydrogen) atoms. The van der Waals surface area contributed by atoms with Crippen LogP contribution in [-0.2, 0) is 6.42 Å². The molecule has 6 heteroatoms. The van der Waals surface area contributed by atoms with Gasteiger partial charge < -0.3 is 24.7 Å². The van der Waals surface area contributed by atoms with E-state index in [1.165, 1.54) is 0 Å². The quantitative estimate of drug-likeness (QED) is 0.679. The summed E-state index contributed by atoms with van der Waals surface area (Å²) in [6.45, 7) is 0.312. The van der Waals surface area contributed by atoms with Gasteiger partial charge in [0.2, 0.25) is 6.79 Å². The summed E-state index contributed by atoms with van der Waals surface area (Å²) in [5.41, 5.74) is 3.69. The number of aliphatic hydroxyl groups is 2. The van der Waals surface area contributed by atoms with Gasteiger partial charge in [0.25, 0.3) is 0 Å². The third kappa shape index (κ3) is 3.50. The van der Waals surface area contributed by atoms with Gasteiger partial charge in [-0.1, -0.05) is 30.3 Å². The lowest BCUT2D eigenvalue weighted by Gasteiger charge is -2.03. The molecule has 0 radical (unpaired) electrons. The molecule has 4 rings (SSSR count). The van der Waals surface area contributed by atoms with Crippen LogP contribution in [0.2, 0.25) is 0 Å². The van der Waals surface area contributed by atoms with Crippen LogP contribution in [-0.4, -0.2) is 40.7 Å². The van der Waals surface area contributed by atoms with Gasteiger partial charge in [-0.25, -0.2) is 4.98 Å². The monoisotopic (exact) mass is 340 g/mol. The Hall–Kier alpha value is -2.83. The Kier molecular flexibility index (Phi) is 5.33. The van der Waals surface area contributed by atoms with Crippen LogP contribution < -0.4 is 9.47 Å². The second-order valence-electron chi connectivity index (χ2n) is 5.32. The lowest BCUT2D eigenvalue weighted by molar-refractivity contribution is 0.174. The number of H-pyrrole nitrogens is 1. The Bertz CT molecular complexity index is 831. The molecular weight excluding hydrogens is 320 g/mol. The van der Waals surface area contributed by atoms with Crippen LogP contribution in [0.1, 0.15) is 5.69 Å². The maximum Gasteiger partial charge on any atom is 0.231 e. The number of fused-ring (bicyclic) bond motifs is 1. The highest BCUT2D eigenvalue weighted by Crippen LogP contribution is 2.37. The van der Waals surface area contributed by atoms with Gasteiger partial charge in [-0.15, -0.1) is 0 Å². The highest BCUT2D eigenvalue weighted by atomic mass is 16.7. The van der Waals surface area contributed by atoms with Gasteiger partial charge in [-0.05, 0) is 18.2 Å². The zero-order valence-corrected chi connectivity index (χ0v) is 13.9. The molecule has 3 aromatic rings. The van der Waals surface area contributed by atoms with Gasteiger partial charge >= 0.3 is 0 Å². The van der Waals surface area contributed by atoms with Crippen LogP contribution in [0.25, 0.3) is 22.6 Å². The predicted molar refractivity (Wildman–Crippen MR) is 94.5 cm³/mol. The van der Waals surface area contributed by atoms with Crippen molar-refractivity contribution in [3.63, 3.8) is 0 Å². The Morgan fingerprint density at radius 2 is 1.76 bits per heavy atom. The Morgan fingerprint density at radius 3 is 2.52 bits per heavy atom. The topological polar surface area (TPSA) is 87.6 Å². The maximum atomic E-state index is 9.33. The number of benzene rings is 2. The van der Waals surface area contributed by atoms with E-state index in [0.717, 1.165) is 46.9 Å². The molecule has 1 aliphatic heterocycles. The first-order valence-electron chi connectivity index (χ1n) is 7.95. The molecule has 0 unspecified atom stereocenters. The zero-order valence-electron chi connectivity index (χ0n) is 13.9. The van der Waals surface area contributed by atoms with Crippen LogP contribution in [0, 0.1) is 0 Å². The van der Waals surface area contributed by atoms with Gasteiger partial charge in [-0.2, -0.15) is 0 Å². The van der Waals surface area contributed by atoms with Crippen molar-refractivity contribution in [1.82, 2.24) is 9.97 Å². The molecule has 0 bridgehead atoms. The van der Waals surface area contributed by atoms with E-state index in [0.29, 0.717) is 6.42 Å². The number of nitrogens with zero attached hydrogens (tertiary/aromatic N) is 1. The molecule has 0 spiro atoms. The zero-order chi connectivity index (χ0) is 17.6. The second kappa shape index (κ2) is 7.83. The van der Waals surface area contributed by atoms with Crippen molar-refractivity contribution in [2.75, 3.05) is 20.5 Å². The molecule has 0 fully saturated rings. The van der Waals surface area contributed by atoms with Gasteiger partial charge in [0.05, 0.1) is 5.69 Å². The van der Waals surface area contributed by atoms with Gasteiger partial charge in [-0.3, -0.25) is 0 Å². The van der Waals surface area contributed by atoms with Crippen molar-refractivity contribution in [3.8, 4) is 34.1 Å². The summed E-state index contributed by atoms with van der Waals surface area (Å²) in [4.78, 5) is 8.05. The standard InChI is InChI=1S/C18H16N2O3.CH4O/c21-9-8-14-17(13-6-7-15-16(10-13)23-11-22-15)20-18(19-14)12-4-2-1-3-5-12;1-2/h1-7,10,21H,8-9,11H2,(H,19,20);2H,1H3. The molecule has 1 aromatic heterocycles. The predicted octanol–water partition coefficient (Wildman–Crippen LogP) is 2.62. The number of aromatic nitrogens is 2.